The lowest BCUT2D eigenvalue weighted by Gasteiger charge is -2.51. The van der Waals surface area contributed by atoms with Crippen LogP contribution in [0.25, 0.3) is 0 Å². The molecule has 12 heterocycles. The zero-order chi connectivity index (χ0) is 88.6. The van der Waals surface area contributed by atoms with Gasteiger partial charge in [0, 0.05) is 104 Å². The van der Waals surface area contributed by atoms with Gasteiger partial charge < -0.3 is 125 Å². The molecule has 6 N–H and O–H groups in total. The van der Waals surface area contributed by atoms with Crippen molar-refractivity contribution < 1.29 is 135 Å². The molecule has 0 amide bonds. The molecular weight excluding hydrogens is 1590 g/mol. The van der Waals surface area contributed by atoms with Crippen molar-refractivity contribution >= 4 is 11.9 Å². The number of esters is 2. The molecule has 14 rings (SSSR count). The van der Waals surface area contributed by atoms with Crippen molar-refractivity contribution in [1.82, 2.24) is 0 Å². The summed E-state index contributed by atoms with van der Waals surface area (Å²) in [5, 5.41) is 68.4. The molecule has 14 aliphatic rings. The Morgan fingerprint density at radius 1 is 0.472 bits per heavy atom. The molecule has 10 saturated heterocycles. The standard InChI is InChI=1S/C48H74O14.C47H72O14/c1-11-25(2)43-28(5)17-18-47(62-43)23-34-20-33(61-47)16-15-27(4)42(26(3)13-12-14-32-24-55-45-40(49)29(6)19-35(46(51)58-34)48(32,45)52)59-39-22-37(54-10)44(31(8)57-39)60-38-21-36(53-9)41(50)30(7)56-38;1-24(2)41-27(5)16-17-46(61-41)22-33-19-32(60-46)15-14-26(4)42(25(3)12-11-13-31-23-54-44-39(48)28(6)18-34(45(50)57-33)47(31,44)51)58-38-21-36(53-10)43(30(8)56-38)59-37-20-35(52-9)40(49)29(7)55-37/h12-15,19,25-26,28,30-31,33-45,49-50,52H,11,16-18,20-24H2,1-10H3;11-14,18,24-25,27,29-30,32-44,48-49,51H,15-17,19-23H2,1-10H3/t25?,26-,28-,30-,31-,33+,34?,35-,36-,37-,38?,39-,40+,41-,42-,43+,44-,45+,47+,48+;25-,27-,29-,30-,32+,33?,34-,35-,36-,37?,38-,39+,40-,41+,42-,43-,44+,46+,47+/m00/s1. The summed E-state index contributed by atoms with van der Waals surface area (Å²) >= 11 is 0. The summed E-state index contributed by atoms with van der Waals surface area (Å²) in [4.78, 5) is 28.7. The molecule has 0 aromatic rings. The number of allylic oxidation sites excluding steroid dienone is 4. The number of hydrogen-bond acceptors (Lipinski definition) is 28. The molecule has 0 aromatic carbocycles. The summed E-state index contributed by atoms with van der Waals surface area (Å²) in [5.74, 6) is -4.25. The van der Waals surface area contributed by atoms with E-state index in [0.717, 1.165) is 30.4 Å². The van der Waals surface area contributed by atoms with E-state index < -0.39 is 182 Å². The third-order valence-corrected chi connectivity index (χ3v) is 29.3. The zero-order valence-electron chi connectivity index (χ0n) is 76.2. The van der Waals surface area contributed by atoms with Gasteiger partial charge in [-0.15, -0.1) is 0 Å². The topological polar surface area (TPSA) is 340 Å². The highest BCUT2D eigenvalue weighted by Gasteiger charge is 2.63. The molecule has 39 atom stereocenters. The van der Waals surface area contributed by atoms with Gasteiger partial charge in [0.25, 0.3) is 0 Å². The molecule has 4 bridgehead atoms. The second-order valence-corrected chi connectivity index (χ2v) is 38.6. The monoisotopic (exact) mass is 1740 g/mol. The quantitative estimate of drug-likeness (QED) is 0.0655. The fraction of sp³-hybridized carbons (Fsp3) is 0.811. The Kier molecular flexibility index (Phi) is 31.9. The molecular formula is C95H146O28. The van der Waals surface area contributed by atoms with Gasteiger partial charge in [0.2, 0.25) is 0 Å². The number of rotatable bonds is 15. The van der Waals surface area contributed by atoms with Crippen molar-refractivity contribution in [3.63, 3.8) is 0 Å². The Bertz CT molecular complexity index is 3810. The molecule has 123 heavy (non-hydrogen) atoms. The van der Waals surface area contributed by atoms with Crippen LogP contribution in [-0.2, 0) is 104 Å². The van der Waals surface area contributed by atoms with Crippen LogP contribution in [0.3, 0.4) is 0 Å². The van der Waals surface area contributed by atoms with Crippen LogP contribution in [-0.4, -0.2) is 279 Å². The summed E-state index contributed by atoms with van der Waals surface area (Å²) in [5.41, 5.74) is 0.372. The minimum Gasteiger partial charge on any atom is -0.462 e. The number of hydrogen-bond donors (Lipinski definition) is 6. The average Bonchev–Trinajstić information content (AvgIpc) is 1.61. The number of methoxy groups -OCH3 is 4. The van der Waals surface area contributed by atoms with E-state index in [2.05, 4.69) is 81.4 Å². The van der Waals surface area contributed by atoms with Crippen LogP contribution in [0.4, 0.5) is 0 Å². The summed E-state index contributed by atoms with van der Waals surface area (Å²) in [6, 6.07) is 0. The summed E-state index contributed by atoms with van der Waals surface area (Å²) in [6.45, 7) is 32.5. The van der Waals surface area contributed by atoms with Crippen molar-refractivity contribution in [3.8, 4) is 0 Å². The van der Waals surface area contributed by atoms with Crippen LogP contribution in [0, 0.1) is 47.3 Å². The highest BCUT2D eigenvalue weighted by atomic mass is 16.8. The molecule has 0 saturated carbocycles. The second kappa shape index (κ2) is 40.7. The maximum absolute atomic E-state index is 14.4. The van der Waals surface area contributed by atoms with E-state index in [1.165, 1.54) is 0 Å². The van der Waals surface area contributed by atoms with Crippen LogP contribution in [0.1, 0.15) is 207 Å². The number of aliphatic hydroxyl groups excluding tert-OH is 4. The van der Waals surface area contributed by atoms with Crippen LogP contribution in [0.2, 0.25) is 0 Å². The van der Waals surface area contributed by atoms with Crippen LogP contribution in [0.15, 0.2) is 94.2 Å². The van der Waals surface area contributed by atoms with Crippen molar-refractivity contribution in [2.24, 2.45) is 47.3 Å². The number of carbonyl (C=O) groups is 2. The van der Waals surface area contributed by atoms with E-state index in [1.807, 2.05) is 38.2 Å². The van der Waals surface area contributed by atoms with Crippen LogP contribution < -0.4 is 0 Å². The normalized spacial score (nSPS) is 47.3. The number of aliphatic hydroxyl groups is 6. The first kappa shape index (κ1) is 96.5. The molecule has 28 nitrogen and oxygen atoms in total. The Hall–Kier alpha value is -4.10. The predicted molar refractivity (Wildman–Crippen MR) is 450 cm³/mol. The van der Waals surface area contributed by atoms with E-state index in [1.54, 1.807) is 80.4 Å². The highest BCUT2D eigenvalue weighted by molar-refractivity contribution is 5.79. The molecule has 28 heteroatoms. The maximum atomic E-state index is 14.4. The summed E-state index contributed by atoms with van der Waals surface area (Å²) in [7, 11) is 6.45. The molecule has 10 fully saturated rings. The summed E-state index contributed by atoms with van der Waals surface area (Å²) in [6.07, 6.45) is 12.1. The van der Waals surface area contributed by atoms with Crippen molar-refractivity contribution in [2.75, 3.05) is 41.7 Å². The molecule has 694 valence electrons. The van der Waals surface area contributed by atoms with E-state index in [4.69, 9.17) is 94.7 Å². The van der Waals surface area contributed by atoms with Crippen molar-refractivity contribution in [1.29, 1.82) is 0 Å². The Morgan fingerprint density at radius 3 is 1.24 bits per heavy atom. The molecule has 0 radical (unpaired) electrons. The smallest absolute Gasteiger partial charge is 0.316 e. The summed E-state index contributed by atoms with van der Waals surface area (Å²) < 4.78 is 128. The molecule has 5 unspecified atom stereocenters. The third kappa shape index (κ3) is 20.8. The Morgan fingerprint density at radius 2 is 0.846 bits per heavy atom. The van der Waals surface area contributed by atoms with Gasteiger partial charge in [-0.3, -0.25) is 9.59 Å². The number of fused-ring (bicyclic) bond motifs is 4. The third-order valence-electron chi connectivity index (χ3n) is 29.3. The lowest BCUT2D eigenvalue weighted by Crippen LogP contribution is -2.58. The number of carbonyl (C=O) groups excluding carboxylic acids is 2. The fourth-order valence-corrected chi connectivity index (χ4v) is 21.8. The van der Waals surface area contributed by atoms with Gasteiger partial charge in [-0.05, 0) is 138 Å². The molecule has 2 spiro atoms. The van der Waals surface area contributed by atoms with Gasteiger partial charge >= 0.3 is 11.9 Å². The van der Waals surface area contributed by atoms with Crippen LogP contribution in [0.5, 0.6) is 0 Å². The Labute approximate surface area is 728 Å². The minimum atomic E-state index is -1.82. The predicted octanol–water partition coefficient (Wildman–Crippen LogP) is 10.8. The lowest BCUT2D eigenvalue weighted by atomic mass is 9.71. The fourth-order valence-electron chi connectivity index (χ4n) is 21.8. The van der Waals surface area contributed by atoms with Crippen LogP contribution >= 0.6 is 0 Å². The first-order valence-corrected chi connectivity index (χ1v) is 45.8. The average molecular weight is 1740 g/mol. The van der Waals surface area contributed by atoms with Gasteiger partial charge in [0.05, 0.1) is 98.7 Å². The van der Waals surface area contributed by atoms with Gasteiger partial charge in [-0.1, -0.05) is 123 Å². The minimum absolute atomic E-state index is 0.00708. The largest absolute Gasteiger partial charge is 0.462 e. The van der Waals surface area contributed by atoms with Crippen molar-refractivity contribution in [2.45, 2.75) is 402 Å². The van der Waals surface area contributed by atoms with E-state index in [-0.39, 0.29) is 67.6 Å². The lowest BCUT2D eigenvalue weighted by molar-refractivity contribution is -0.341. The second-order valence-electron chi connectivity index (χ2n) is 38.6. The van der Waals surface area contributed by atoms with Gasteiger partial charge in [-0.2, -0.15) is 0 Å². The van der Waals surface area contributed by atoms with E-state index in [9.17, 15) is 40.2 Å². The van der Waals surface area contributed by atoms with Gasteiger partial charge in [0.1, 0.15) is 84.1 Å². The molecule has 12 aliphatic heterocycles. The van der Waals surface area contributed by atoms with Crippen molar-refractivity contribution in [3.05, 3.63) is 94.2 Å². The first-order valence-electron chi connectivity index (χ1n) is 45.8. The van der Waals surface area contributed by atoms with Gasteiger partial charge in [0.15, 0.2) is 36.7 Å². The van der Waals surface area contributed by atoms with E-state index in [0.29, 0.717) is 117 Å². The van der Waals surface area contributed by atoms with Gasteiger partial charge in [-0.25, -0.2) is 0 Å². The molecule has 0 aromatic heterocycles. The SMILES string of the molecule is CCC(C)[C@H]1O[C@]2(CC[C@@H]1C)CC1C[C@@H](CC=C(C)[C@@H](O[C@H]3C[C@H](OC)[C@@H](OC4C[C@H](OC)[C@@H](O)[C@H](C)O4)[C@H](C)O3)[C@@H](C)C=CC=C3CO[C@@H]4[C@H](O)C(C)=C[C@@H](C(=O)O1)[C@]34O)O2.CO[C@H]1CC(O[C@H]2[C@H](C)O[C@@H](O[C@@H]3C(C)=CC[C@@H]4CC(C[C@]5(CC[C@H](C)[C@@H](C(C)C)O5)O4)OC(=O)[C@@H]4C=C(C)[C@@H](O)[C@H]5OCC(=CC=C[C@@H]3C)[C@]54O)C[C@@H]2OC)O[C@@H](C)[C@@H]1O. The van der Waals surface area contributed by atoms with E-state index >= 15 is 0 Å². The number of ether oxygens (including phenoxy) is 20. The Balaban J connectivity index is 0.000000212. The maximum Gasteiger partial charge on any atom is 0.316 e. The highest BCUT2D eigenvalue weighted by Crippen LogP contribution is 2.52. The first-order chi connectivity index (χ1) is 58.5. The zero-order valence-corrected chi connectivity index (χ0v) is 76.2. The molecule has 2 aliphatic carbocycles.